The number of pyridine rings is 1. The molecule has 0 amide bonds. The molecule has 5 rings (SSSR count). The number of carboxylic acids is 1. The van der Waals surface area contributed by atoms with Crippen LogP contribution < -0.4 is 9.47 Å². The zero-order chi connectivity index (χ0) is 29.1. The summed E-state index contributed by atoms with van der Waals surface area (Å²) in [6.07, 6.45) is 7.02. The van der Waals surface area contributed by atoms with Crippen molar-refractivity contribution in [3.05, 3.63) is 70.4 Å². The molecule has 0 fully saturated rings. The molecule has 1 aromatic heterocycles. The zero-order valence-electron chi connectivity index (χ0n) is 23.8. The Hall–Kier alpha value is -3.04. The molecule has 3 aromatic rings. The van der Waals surface area contributed by atoms with Gasteiger partial charge in [-0.05, 0) is 83.2 Å². The number of hydrogen-bond acceptors (Lipinski definition) is 7. The number of carboxylic acid groups (broad SMARTS) is 1. The van der Waals surface area contributed by atoms with Crippen molar-refractivity contribution in [2.75, 3.05) is 24.4 Å². The number of carbonyl (C=O) groups is 1. The first-order chi connectivity index (χ1) is 19.7. The SMILES string of the molecule is CCc1cc(OCCCS(C)(=O)=O)cc(CC)c1-c1cccc2c1CCC2Oc1cc2c(cn1)C(CC(=O)O)CS2. The fourth-order valence-corrected chi connectivity index (χ4v) is 7.83. The van der Waals surface area contributed by atoms with E-state index in [0.29, 0.717) is 18.9 Å². The van der Waals surface area contributed by atoms with Crippen molar-refractivity contribution in [1.82, 2.24) is 4.98 Å². The lowest BCUT2D eigenvalue weighted by Gasteiger charge is -2.20. The fourth-order valence-electron chi connectivity index (χ4n) is 5.94. The lowest BCUT2D eigenvalue weighted by molar-refractivity contribution is -0.137. The van der Waals surface area contributed by atoms with Crippen LogP contribution in [-0.2, 0) is 33.9 Å². The summed E-state index contributed by atoms with van der Waals surface area (Å²) in [6.45, 7) is 4.67. The number of fused-ring (bicyclic) bond motifs is 2. The first-order valence-electron chi connectivity index (χ1n) is 14.3. The van der Waals surface area contributed by atoms with Crippen LogP contribution in [0.2, 0.25) is 0 Å². The number of rotatable bonds is 12. The van der Waals surface area contributed by atoms with Crippen LogP contribution in [0.25, 0.3) is 11.1 Å². The lowest BCUT2D eigenvalue weighted by Crippen LogP contribution is -2.08. The summed E-state index contributed by atoms with van der Waals surface area (Å²) in [5.74, 6) is 1.45. The summed E-state index contributed by atoms with van der Waals surface area (Å²) in [7, 11) is -3.00. The van der Waals surface area contributed by atoms with Gasteiger partial charge in [0.1, 0.15) is 21.7 Å². The highest BCUT2D eigenvalue weighted by molar-refractivity contribution is 7.99. The Morgan fingerprint density at radius 3 is 2.56 bits per heavy atom. The second-order valence-electron chi connectivity index (χ2n) is 10.8. The van der Waals surface area contributed by atoms with Crippen LogP contribution in [0.4, 0.5) is 0 Å². The normalized spacial score (nSPS) is 17.7. The largest absolute Gasteiger partial charge is 0.494 e. The van der Waals surface area contributed by atoms with Crippen LogP contribution in [0.15, 0.2) is 47.5 Å². The summed E-state index contributed by atoms with van der Waals surface area (Å²) < 4.78 is 35.4. The number of sulfone groups is 1. The van der Waals surface area contributed by atoms with Crippen molar-refractivity contribution in [3.63, 3.8) is 0 Å². The minimum Gasteiger partial charge on any atom is -0.494 e. The molecule has 0 saturated heterocycles. The molecule has 1 N–H and O–H groups in total. The van der Waals surface area contributed by atoms with Crippen LogP contribution in [0.5, 0.6) is 11.6 Å². The van der Waals surface area contributed by atoms with E-state index in [0.717, 1.165) is 47.6 Å². The summed E-state index contributed by atoms with van der Waals surface area (Å²) in [6, 6.07) is 12.6. The van der Waals surface area contributed by atoms with Gasteiger partial charge in [0.05, 0.1) is 18.8 Å². The average molecular weight is 596 g/mol. The van der Waals surface area contributed by atoms with E-state index in [1.807, 2.05) is 6.07 Å². The molecule has 2 aliphatic rings. The van der Waals surface area contributed by atoms with Gasteiger partial charge in [0.25, 0.3) is 0 Å². The molecule has 0 bridgehead atoms. The quantitative estimate of drug-likeness (QED) is 0.240. The third-order valence-corrected chi connectivity index (χ3v) is 10.1. The third kappa shape index (κ3) is 6.72. The summed E-state index contributed by atoms with van der Waals surface area (Å²) in [5, 5.41) is 9.21. The first-order valence-corrected chi connectivity index (χ1v) is 17.3. The maximum absolute atomic E-state index is 11.5. The minimum absolute atomic E-state index is 0.00592. The van der Waals surface area contributed by atoms with Gasteiger partial charge in [-0.2, -0.15) is 0 Å². The number of benzene rings is 2. The Bertz CT molecular complexity index is 1530. The van der Waals surface area contributed by atoms with Gasteiger partial charge >= 0.3 is 5.97 Å². The molecular formula is C32H37NO6S2. The van der Waals surface area contributed by atoms with Gasteiger partial charge < -0.3 is 14.6 Å². The highest BCUT2D eigenvalue weighted by atomic mass is 32.2. The average Bonchev–Trinajstić information content (AvgIpc) is 3.53. The molecule has 41 heavy (non-hydrogen) atoms. The molecule has 0 radical (unpaired) electrons. The molecular weight excluding hydrogens is 558 g/mol. The minimum atomic E-state index is -3.00. The topological polar surface area (TPSA) is 103 Å². The molecule has 9 heteroatoms. The Morgan fingerprint density at radius 1 is 1.12 bits per heavy atom. The highest BCUT2D eigenvalue weighted by Gasteiger charge is 2.30. The van der Waals surface area contributed by atoms with Gasteiger partial charge in [-0.3, -0.25) is 4.79 Å². The molecule has 0 spiro atoms. The Labute approximate surface area is 246 Å². The van der Waals surface area contributed by atoms with Crippen molar-refractivity contribution in [3.8, 4) is 22.8 Å². The van der Waals surface area contributed by atoms with Crippen LogP contribution >= 0.6 is 11.8 Å². The summed E-state index contributed by atoms with van der Waals surface area (Å²) >= 11 is 1.67. The van der Waals surface area contributed by atoms with Gasteiger partial charge in [0.15, 0.2) is 0 Å². The number of ether oxygens (including phenoxy) is 2. The van der Waals surface area contributed by atoms with Gasteiger partial charge in [-0.15, -0.1) is 11.8 Å². The number of aliphatic carboxylic acids is 1. The van der Waals surface area contributed by atoms with E-state index in [1.54, 1.807) is 18.0 Å². The fraction of sp³-hybridized carbons (Fsp3) is 0.438. The van der Waals surface area contributed by atoms with Crippen molar-refractivity contribution in [2.24, 2.45) is 0 Å². The second kappa shape index (κ2) is 12.4. The molecule has 2 unspecified atom stereocenters. The molecule has 1 aliphatic carbocycles. The number of nitrogens with zero attached hydrogens (tertiary/aromatic N) is 1. The predicted molar refractivity (Wildman–Crippen MR) is 162 cm³/mol. The first kappa shape index (κ1) is 29.5. The smallest absolute Gasteiger partial charge is 0.303 e. The van der Waals surface area contributed by atoms with Gasteiger partial charge in [0, 0.05) is 35.1 Å². The van der Waals surface area contributed by atoms with E-state index < -0.39 is 15.8 Å². The Kier molecular flexibility index (Phi) is 8.94. The molecule has 7 nitrogen and oxygen atoms in total. The van der Waals surface area contributed by atoms with E-state index >= 15 is 0 Å². The summed E-state index contributed by atoms with van der Waals surface area (Å²) in [4.78, 5) is 16.8. The molecule has 218 valence electrons. The van der Waals surface area contributed by atoms with Crippen LogP contribution in [0.1, 0.15) is 72.9 Å². The lowest BCUT2D eigenvalue weighted by atomic mass is 9.87. The van der Waals surface area contributed by atoms with Crippen molar-refractivity contribution < 1.29 is 27.8 Å². The zero-order valence-corrected chi connectivity index (χ0v) is 25.4. The van der Waals surface area contributed by atoms with Crippen LogP contribution in [-0.4, -0.2) is 48.8 Å². The maximum atomic E-state index is 11.5. The van der Waals surface area contributed by atoms with Gasteiger partial charge in [0.2, 0.25) is 5.88 Å². The molecule has 2 aromatic carbocycles. The number of aromatic nitrogens is 1. The monoisotopic (exact) mass is 595 g/mol. The predicted octanol–water partition coefficient (Wildman–Crippen LogP) is 6.42. The molecule has 0 saturated carbocycles. The van der Waals surface area contributed by atoms with Gasteiger partial charge in [-0.1, -0.05) is 32.0 Å². The van der Waals surface area contributed by atoms with Crippen molar-refractivity contribution >= 4 is 27.6 Å². The van der Waals surface area contributed by atoms with Crippen LogP contribution in [0.3, 0.4) is 0 Å². The highest BCUT2D eigenvalue weighted by Crippen LogP contribution is 2.45. The molecule has 1 aliphatic heterocycles. The molecule has 2 atom stereocenters. The van der Waals surface area contributed by atoms with Crippen LogP contribution in [0, 0.1) is 0 Å². The van der Waals surface area contributed by atoms with E-state index in [2.05, 4.69) is 49.2 Å². The van der Waals surface area contributed by atoms with E-state index in [9.17, 15) is 18.3 Å². The van der Waals surface area contributed by atoms with E-state index in [-0.39, 0.29) is 24.2 Å². The Morgan fingerprint density at radius 2 is 1.88 bits per heavy atom. The third-order valence-electron chi connectivity index (χ3n) is 7.88. The van der Waals surface area contributed by atoms with E-state index in [1.165, 1.54) is 39.6 Å². The van der Waals surface area contributed by atoms with Crippen molar-refractivity contribution in [2.45, 2.75) is 69.3 Å². The standard InChI is InChI=1S/C32H37NO6S2/c1-4-20-14-23(38-12-7-13-41(3,36)37)15-21(5-2)32(20)26-9-6-8-25-24(26)10-11-28(25)39-30-17-29-27(18-33-30)22(19-40-29)16-31(34)35/h6,8-9,14-15,17-18,22,28H,4-5,7,10-13,16,19H2,1-3H3,(H,34,35). The number of aryl methyl sites for hydroxylation is 2. The summed E-state index contributed by atoms with van der Waals surface area (Å²) in [5.41, 5.74) is 8.42. The van der Waals surface area contributed by atoms with Gasteiger partial charge in [-0.25, -0.2) is 13.4 Å². The molecule has 2 heterocycles. The van der Waals surface area contributed by atoms with E-state index in [4.69, 9.17) is 9.47 Å². The van der Waals surface area contributed by atoms with Crippen molar-refractivity contribution in [1.29, 1.82) is 0 Å². The second-order valence-corrected chi connectivity index (χ2v) is 14.2. The number of thioether (sulfide) groups is 1. The Balaban J connectivity index is 1.38. The maximum Gasteiger partial charge on any atom is 0.303 e. The number of hydrogen-bond donors (Lipinski definition) is 1.